The molecular formula is C10H7ClN2S. The molecule has 1 heterocycles. The molecule has 2 nitrogen and oxygen atoms in total. The van der Waals surface area contributed by atoms with Gasteiger partial charge in [0, 0.05) is 5.02 Å². The quantitative estimate of drug-likeness (QED) is 0.719. The zero-order chi connectivity index (χ0) is 10.1. The van der Waals surface area contributed by atoms with Crippen molar-refractivity contribution in [3.8, 4) is 12.3 Å². The summed E-state index contributed by atoms with van der Waals surface area (Å²) in [4.78, 5) is 0.459. The maximum absolute atomic E-state index is 7.72. The molecule has 0 aliphatic rings. The summed E-state index contributed by atoms with van der Waals surface area (Å²) in [7, 11) is 0. The van der Waals surface area contributed by atoms with Crippen LogP contribution in [0.15, 0.2) is 18.2 Å². The Morgan fingerprint density at radius 2 is 2.36 bits per heavy atom. The van der Waals surface area contributed by atoms with Crippen molar-refractivity contribution >= 4 is 33.2 Å². The zero-order valence-corrected chi connectivity index (χ0v) is 8.82. The molecule has 0 fully saturated rings. The number of rotatable bonds is 1. The van der Waals surface area contributed by atoms with Crippen LogP contribution in [0, 0.1) is 17.8 Å². The van der Waals surface area contributed by atoms with Crippen molar-refractivity contribution in [2.75, 3.05) is 0 Å². The van der Waals surface area contributed by atoms with Gasteiger partial charge < -0.3 is 4.57 Å². The summed E-state index contributed by atoms with van der Waals surface area (Å²) in [6.45, 7) is 0.431. The molecule has 0 unspecified atom stereocenters. The van der Waals surface area contributed by atoms with E-state index in [0.29, 0.717) is 16.4 Å². The van der Waals surface area contributed by atoms with Gasteiger partial charge in [0.2, 0.25) is 0 Å². The Morgan fingerprint density at radius 3 is 3.07 bits per heavy atom. The third-order valence-corrected chi connectivity index (χ3v) is 3.11. The smallest absolute Gasteiger partial charge is 0.183 e. The lowest BCUT2D eigenvalue weighted by Crippen LogP contribution is -2.11. The predicted molar refractivity (Wildman–Crippen MR) is 59.5 cm³/mol. The van der Waals surface area contributed by atoms with E-state index in [1.165, 1.54) is 11.3 Å². The normalized spacial score (nSPS) is 10.3. The molecule has 14 heavy (non-hydrogen) atoms. The summed E-state index contributed by atoms with van der Waals surface area (Å²) in [6, 6.07) is 5.55. The van der Waals surface area contributed by atoms with Crippen LogP contribution in [0.2, 0.25) is 5.02 Å². The van der Waals surface area contributed by atoms with Crippen LogP contribution in [0.25, 0.3) is 10.2 Å². The molecular weight excluding hydrogens is 216 g/mol. The number of hydrogen-bond acceptors (Lipinski definition) is 2. The maximum atomic E-state index is 7.72. The lowest BCUT2D eigenvalue weighted by atomic mass is 10.3. The lowest BCUT2D eigenvalue weighted by molar-refractivity contribution is 0.828. The second kappa shape index (κ2) is 3.49. The van der Waals surface area contributed by atoms with Crippen LogP contribution in [-0.4, -0.2) is 4.57 Å². The standard InChI is InChI=1S/C10H7ClN2S/c1-2-5-13-8-4-3-7(11)6-9(8)14-10(13)12/h1,3-4,6,12H,5H2. The van der Waals surface area contributed by atoms with Gasteiger partial charge in [-0.05, 0) is 18.2 Å². The van der Waals surface area contributed by atoms with Gasteiger partial charge in [-0.3, -0.25) is 5.41 Å². The maximum Gasteiger partial charge on any atom is 0.183 e. The number of benzene rings is 1. The minimum atomic E-state index is 0.431. The van der Waals surface area contributed by atoms with E-state index in [9.17, 15) is 0 Å². The zero-order valence-electron chi connectivity index (χ0n) is 7.25. The highest BCUT2D eigenvalue weighted by Crippen LogP contribution is 2.21. The van der Waals surface area contributed by atoms with Crippen LogP contribution in [0.1, 0.15) is 0 Å². The van der Waals surface area contributed by atoms with E-state index in [0.717, 1.165) is 10.2 Å². The topological polar surface area (TPSA) is 28.8 Å². The Kier molecular flexibility index (Phi) is 2.32. The summed E-state index contributed by atoms with van der Waals surface area (Å²) < 4.78 is 2.79. The molecule has 1 N–H and O–H groups in total. The molecule has 0 saturated heterocycles. The van der Waals surface area contributed by atoms with Crippen LogP contribution in [-0.2, 0) is 6.54 Å². The molecule has 2 rings (SSSR count). The minimum absolute atomic E-state index is 0.431. The molecule has 70 valence electrons. The number of nitrogens with one attached hydrogen (secondary N) is 1. The first-order valence-corrected chi connectivity index (χ1v) is 5.19. The highest BCUT2D eigenvalue weighted by molar-refractivity contribution is 7.16. The average Bonchev–Trinajstić information content (AvgIpc) is 2.43. The first-order valence-electron chi connectivity index (χ1n) is 3.99. The van der Waals surface area contributed by atoms with Gasteiger partial charge in [-0.25, -0.2) is 0 Å². The number of halogens is 1. The highest BCUT2D eigenvalue weighted by atomic mass is 35.5. The molecule has 0 aliphatic heterocycles. The van der Waals surface area contributed by atoms with E-state index in [1.807, 2.05) is 18.2 Å². The molecule has 2 aromatic rings. The van der Waals surface area contributed by atoms with Crippen LogP contribution in [0.5, 0.6) is 0 Å². The number of terminal acetylenes is 1. The second-order valence-corrected chi connectivity index (χ2v) is 4.28. The average molecular weight is 223 g/mol. The second-order valence-electron chi connectivity index (χ2n) is 2.81. The molecule has 0 atom stereocenters. The van der Waals surface area contributed by atoms with Gasteiger partial charge in [0.1, 0.15) is 0 Å². The summed E-state index contributed by atoms with van der Waals surface area (Å²) in [5.74, 6) is 2.53. The Hall–Kier alpha value is -1.24. The molecule has 4 heteroatoms. The van der Waals surface area contributed by atoms with Gasteiger partial charge in [-0.1, -0.05) is 28.9 Å². The molecule has 1 aromatic heterocycles. The van der Waals surface area contributed by atoms with Gasteiger partial charge in [-0.15, -0.1) is 6.42 Å². The number of thiazole rings is 1. The number of fused-ring (bicyclic) bond motifs is 1. The summed E-state index contributed by atoms with van der Waals surface area (Å²) >= 11 is 7.24. The molecule has 0 radical (unpaired) electrons. The van der Waals surface area contributed by atoms with E-state index in [4.69, 9.17) is 23.4 Å². The van der Waals surface area contributed by atoms with Crippen LogP contribution in [0.3, 0.4) is 0 Å². The fourth-order valence-electron chi connectivity index (χ4n) is 1.31. The Balaban J connectivity index is 2.79. The van der Waals surface area contributed by atoms with Crippen molar-refractivity contribution in [1.29, 1.82) is 5.41 Å². The van der Waals surface area contributed by atoms with Crippen molar-refractivity contribution in [2.24, 2.45) is 0 Å². The number of aromatic nitrogens is 1. The number of nitrogens with zero attached hydrogens (tertiary/aromatic N) is 1. The van der Waals surface area contributed by atoms with Gasteiger partial charge in [0.05, 0.1) is 16.8 Å². The third-order valence-electron chi connectivity index (χ3n) is 1.91. The summed E-state index contributed by atoms with van der Waals surface area (Å²) in [6.07, 6.45) is 5.23. The van der Waals surface area contributed by atoms with E-state index < -0.39 is 0 Å². The molecule has 0 amide bonds. The lowest BCUT2D eigenvalue weighted by Gasteiger charge is -1.97. The van der Waals surface area contributed by atoms with E-state index >= 15 is 0 Å². The van der Waals surface area contributed by atoms with Crippen molar-refractivity contribution in [2.45, 2.75) is 6.54 Å². The van der Waals surface area contributed by atoms with Crippen molar-refractivity contribution in [3.05, 3.63) is 28.0 Å². The molecule has 0 bridgehead atoms. The molecule has 1 aromatic carbocycles. The summed E-state index contributed by atoms with van der Waals surface area (Å²) in [5, 5.41) is 8.40. The highest BCUT2D eigenvalue weighted by Gasteiger charge is 2.03. The predicted octanol–water partition coefficient (Wildman–Crippen LogP) is 2.47. The van der Waals surface area contributed by atoms with Crippen LogP contribution in [0.4, 0.5) is 0 Å². The van der Waals surface area contributed by atoms with Gasteiger partial charge >= 0.3 is 0 Å². The number of hydrogen-bond donors (Lipinski definition) is 1. The Labute approximate surface area is 90.3 Å². The van der Waals surface area contributed by atoms with Gasteiger partial charge in [0.15, 0.2) is 4.80 Å². The van der Waals surface area contributed by atoms with Gasteiger partial charge in [-0.2, -0.15) is 0 Å². The van der Waals surface area contributed by atoms with E-state index in [2.05, 4.69) is 5.92 Å². The Bertz CT molecular complexity index is 574. The molecule has 0 aliphatic carbocycles. The fraction of sp³-hybridized carbons (Fsp3) is 0.100. The van der Waals surface area contributed by atoms with Crippen LogP contribution >= 0.6 is 22.9 Å². The van der Waals surface area contributed by atoms with E-state index in [1.54, 1.807) is 4.57 Å². The van der Waals surface area contributed by atoms with Crippen molar-refractivity contribution < 1.29 is 0 Å². The SMILES string of the molecule is C#CCn1c(=N)sc2cc(Cl)ccc21. The first kappa shape index (κ1) is 9.32. The van der Waals surface area contributed by atoms with E-state index in [-0.39, 0.29) is 0 Å². The monoisotopic (exact) mass is 222 g/mol. The first-order chi connectivity index (χ1) is 6.72. The molecule has 0 saturated carbocycles. The largest absolute Gasteiger partial charge is 0.305 e. The van der Waals surface area contributed by atoms with Crippen molar-refractivity contribution in [1.82, 2.24) is 4.57 Å². The fourth-order valence-corrected chi connectivity index (χ4v) is 2.50. The summed E-state index contributed by atoms with van der Waals surface area (Å²) in [5.41, 5.74) is 0.974. The Morgan fingerprint density at radius 1 is 1.57 bits per heavy atom. The van der Waals surface area contributed by atoms with Crippen LogP contribution < -0.4 is 4.80 Å². The third kappa shape index (κ3) is 1.43. The minimum Gasteiger partial charge on any atom is -0.305 e. The van der Waals surface area contributed by atoms with Crippen molar-refractivity contribution in [3.63, 3.8) is 0 Å². The van der Waals surface area contributed by atoms with Gasteiger partial charge in [0.25, 0.3) is 0 Å². The molecule has 0 spiro atoms.